The van der Waals surface area contributed by atoms with Crippen LogP contribution in [0.15, 0.2) is 0 Å². The first-order chi connectivity index (χ1) is 8.54. The summed E-state index contributed by atoms with van der Waals surface area (Å²) in [6, 6.07) is 0. The van der Waals surface area contributed by atoms with E-state index in [1.54, 1.807) is 0 Å². The first-order valence-corrected chi connectivity index (χ1v) is 6.47. The molecule has 102 valence electrons. The van der Waals surface area contributed by atoms with Crippen LogP contribution in [0.4, 0.5) is 0 Å². The number of hydrogen-bond donors (Lipinski definition) is 1. The number of fused-ring (bicyclic) bond motifs is 1. The molecule has 2 rings (SSSR count). The van der Waals surface area contributed by atoms with E-state index >= 15 is 0 Å². The van der Waals surface area contributed by atoms with Crippen molar-refractivity contribution in [2.75, 3.05) is 7.11 Å². The molecule has 0 bridgehead atoms. The molecule has 1 N–H and O–H groups in total. The van der Waals surface area contributed by atoms with Crippen LogP contribution in [0.2, 0.25) is 0 Å². The number of rotatable bonds is 2. The molecule has 2 aliphatic carbocycles. The van der Waals surface area contributed by atoms with Crippen LogP contribution in [0, 0.1) is 17.8 Å². The molecule has 0 aliphatic heterocycles. The third-order valence-corrected chi connectivity index (χ3v) is 4.27. The van der Waals surface area contributed by atoms with Crippen molar-refractivity contribution < 1.29 is 24.2 Å². The molecule has 2 aliphatic rings. The zero-order valence-corrected chi connectivity index (χ0v) is 10.8. The minimum atomic E-state index is -0.651. The average molecular weight is 256 g/mol. The maximum Gasteiger partial charge on any atom is 0.309 e. The number of hydrogen-bond acceptors (Lipinski definition) is 5. The first-order valence-electron chi connectivity index (χ1n) is 6.47. The monoisotopic (exact) mass is 256 g/mol. The molecular weight excluding hydrogens is 236 g/mol. The largest absolute Gasteiger partial charge is 0.469 e. The Kier molecular flexibility index (Phi) is 3.90. The summed E-state index contributed by atoms with van der Waals surface area (Å²) in [5.74, 6) is -0.711. The molecule has 0 heterocycles. The van der Waals surface area contributed by atoms with Crippen LogP contribution in [-0.2, 0) is 19.1 Å². The minimum absolute atomic E-state index is 0.0483. The van der Waals surface area contributed by atoms with E-state index in [1.807, 2.05) is 0 Å². The maximum atomic E-state index is 11.8. The quantitative estimate of drug-likeness (QED) is 0.743. The number of carbonyl (C=O) groups excluding carboxylic acids is 2. The molecule has 2 fully saturated rings. The molecule has 0 aromatic rings. The SMILES string of the molecule is COC(=O)[C@@H]1C[C@@H](OC(C)=O)[C@H](O)[C@@H]2CCC[C@H]21. The summed E-state index contributed by atoms with van der Waals surface area (Å²) in [6.07, 6.45) is 1.97. The van der Waals surface area contributed by atoms with Crippen molar-refractivity contribution in [2.45, 2.75) is 44.8 Å². The smallest absolute Gasteiger partial charge is 0.309 e. The van der Waals surface area contributed by atoms with E-state index in [-0.39, 0.29) is 23.7 Å². The molecule has 5 nitrogen and oxygen atoms in total. The molecule has 0 aromatic carbocycles. The number of aliphatic hydroxyl groups is 1. The molecule has 18 heavy (non-hydrogen) atoms. The Morgan fingerprint density at radius 1 is 1.22 bits per heavy atom. The predicted octanol–water partition coefficient (Wildman–Crippen LogP) is 0.888. The van der Waals surface area contributed by atoms with Crippen molar-refractivity contribution in [3.8, 4) is 0 Å². The van der Waals surface area contributed by atoms with Crippen molar-refractivity contribution >= 4 is 11.9 Å². The van der Waals surface area contributed by atoms with Gasteiger partial charge in [0.15, 0.2) is 0 Å². The van der Waals surface area contributed by atoms with Gasteiger partial charge in [-0.3, -0.25) is 9.59 Å². The zero-order valence-electron chi connectivity index (χ0n) is 10.8. The van der Waals surface area contributed by atoms with Crippen molar-refractivity contribution in [2.24, 2.45) is 17.8 Å². The summed E-state index contributed by atoms with van der Waals surface area (Å²) < 4.78 is 9.97. The van der Waals surface area contributed by atoms with Gasteiger partial charge >= 0.3 is 11.9 Å². The predicted molar refractivity (Wildman–Crippen MR) is 62.5 cm³/mol. The Balaban J connectivity index is 2.16. The normalized spacial score (nSPS) is 38.9. The second kappa shape index (κ2) is 5.26. The number of methoxy groups -OCH3 is 1. The summed E-state index contributed by atoms with van der Waals surface area (Å²) in [4.78, 5) is 22.8. The second-order valence-electron chi connectivity index (χ2n) is 5.26. The molecule has 0 unspecified atom stereocenters. The van der Waals surface area contributed by atoms with Gasteiger partial charge in [0.2, 0.25) is 0 Å². The molecule has 0 amide bonds. The number of esters is 2. The molecule has 5 heteroatoms. The van der Waals surface area contributed by atoms with E-state index in [0.717, 1.165) is 19.3 Å². The van der Waals surface area contributed by atoms with Gasteiger partial charge in [-0.05, 0) is 24.7 Å². The fourth-order valence-corrected chi connectivity index (χ4v) is 3.53. The van der Waals surface area contributed by atoms with Crippen LogP contribution in [0.3, 0.4) is 0 Å². The lowest BCUT2D eigenvalue weighted by Gasteiger charge is -2.40. The van der Waals surface area contributed by atoms with Crippen LogP contribution >= 0.6 is 0 Å². The summed E-state index contributed by atoms with van der Waals surface area (Å²) in [5, 5.41) is 10.2. The van der Waals surface area contributed by atoms with Crippen LogP contribution in [0.1, 0.15) is 32.6 Å². The Hall–Kier alpha value is -1.10. The minimum Gasteiger partial charge on any atom is -0.469 e. The fourth-order valence-electron chi connectivity index (χ4n) is 3.53. The lowest BCUT2D eigenvalue weighted by molar-refractivity contribution is -0.172. The Morgan fingerprint density at radius 3 is 2.50 bits per heavy atom. The van der Waals surface area contributed by atoms with Crippen molar-refractivity contribution in [1.82, 2.24) is 0 Å². The van der Waals surface area contributed by atoms with Crippen LogP contribution < -0.4 is 0 Å². The summed E-state index contributed by atoms with van der Waals surface area (Å²) in [6.45, 7) is 1.32. The Morgan fingerprint density at radius 2 is 1.89 bits per heavy atom. The second-order valence-corrected chi connectivity index (χ2v) is 5.26. The lowest BCUT2D eigenvalue weighted by atomic mass is 9.71. The molecule has 0 radical (unpaired) electrons. The van der Waals surface area contributed by atoms with Gasteiger partial charge in [-0.15, -0.1) is 0 Å². The van der Waals surface area contributed by atoms with Crippen molar-refractivity contribution in [3.05, 3.63) is 0 Å². The summed E-state index contributed by atoms with van der Waals surface area (Å²) >= 11 is 0. The number of ether oxygens (including phenoxy) is 2. The molecule has 2 saturated carbocycles. The highest BCUT2D eigenvalue weighted by Gasteiger charge is 2.50. The third kappa shape index (κ3) is 2.36. The highest BCUT2D eigenvalue weighted by Crippen LogP contribution is 2.46. The zero-order chi connectivity index (χ0) is 13.3. The molecular formula is C13H20O5. The van der Waals surface area contributed by atoms with E-state index < -0.39 is 18.2 Å². The highest BCUT2D eigenvalue weighted by molar-refractivity contribution is 5.73. The van der Waals surface area contributed by atoms with Crippen LogP contribution in [0.25, 0.3) is 0 Å². The van der Waals surface area contributed by atoms with E-state index in [0.29, 0.717) is 6.42 Å². The summed E-state index contributed by atoms with van der Waals surface area (Å²) in [5.41, 5.74) is 0. The lowest BCUT2D eigenvalue weighted by Crippen LogP contribution is -2.48. The Labute approximate surface area is 106 Å². The van der Waals surface area contributed by atoms with Crippen LogP contribution in [0.5, 0.6) is 0 Å². The molecule has 5 atom stereocenters. The average Bonchev–Trinajstić information content (AvgIpc) is 2.80. The van der Waals surface area contributed by atoms with Gasteiger partial charge in [0.05, 0.1) is 19.1 Å². The van der Waals surface area contributed by atoms with E-state index in [4.69, 9.17) is 9.47 Å². The standard InChI is InChI=1S/C13H20O5/c1-7(14)18-11-6-10(13(16)17-2)8-4-3-5-9(8)12(11)15/h8-12,15H,3-6H2,1-2H3/t8-,9-,10-,11-,12-/m1/s1. The van der Waals surface area contributed by atoms with Crippen molar-refractivity contribution in [1.29, 1.82) is 0 Å². The summed E-state index contributed by atoms with van der Waals surface area (Å²) in [7, 11) is 1.37. The number of aliphatic hydroxyl groups excluding tert-OH is 1. The van der Waals surface area contributed by atoms with E-state index in [1.165, 1.54) is 14.0 Å². The molecule has 0 aromatic heterocycles. The Bertz CT molecular complexity index is 340. The van der Waals surface area contributed by atoms with Gasteiger partial charge in [-0.25, -0.2) is 0 Å². The third-order valence-electron chi connectivity index (χ3n) is 4.27. The van der Waals surface area contributed by atoms with Crippen molar-refractivity contribution in [3.63, 3.8) is 0 Å². The van der Waals surface area contributed by atoms with Gasteiger partial charge in [-0.2, -0.15) is 0 Å². The van der Waals surface area contributed by atoms with Gasteiger partial charge in [0.25, 0.3) is 0 Å². The first kappa shape index (κ1) is 13.3. The topological polar surface area (TPSA) is 72.8 Å². The van der Waals surface area contributed by atoms with Gasteiger partial charge < -0.3 is 14.6 Å². The number of carbonyl (C=O) groups is 2. The molecule has 0 saturated heterocycles. The van der Waals surface area contributed by atoms with Gasteiger partial charge in [0.1, 0.15) is 6.10 Å². The van der Waals surface area contributed by atoms with Gasteiger partial charge in [0, 0.05) is 13.3 Å². The van der Waals surface area contributed by atoms with Crippen LogP contribution in [-0.4, -0.2) is 36.4 Å². The fraction of sp³-hybridized carbons (Fsp3) is 0.846. The van der Waals surface area contributed by atoms with E-state index in [9.17, 15) is 14.7 Å². The van der Waals surface area contributed by atoms with Gasteiger partial charge in [-0.1, -0.05) is 6.42 Å². The van der Waals surface area contributed by atoms with E-state index in [2.05, 4.69) is 0 Å². The maximum absolute atomic E-state index is 11.8. The highest BCUT2D eigenvalue weighted by atomic mass is 16.6. The molecule has 0 spiro atoms.